The van der Waals surface area contributed by atoms with Crippen LogP contribution in [0.4, 0.5) is 11.4 Å². The van der Waals surface area contributed by atoms with Crippen LogP contribution in [0.5, 0.6) is 0 Å². The van der Waals surface area contributed by atoms with E-state index in [1.807, 2.05) is 26.0 Å². The minimum Gasteiger partial charge on any atom is -0.481 e. The Kier molecular flexibility index (Phi) is 4.17. The van der Waals surface area contributed by atoms with Crippen molar-refractivity contribution in [3.63, 3.8) is 0 Å². The van der Waals surface area contributed by atoms with E-state index in [0.29, 0.717) is 13.0 Å². The number of nitrogen functional groups attached to an aromatic ring is 1. The second kappa shape index (κ2) is 5.39. The summed E-state index contributed by atoms with van der Waals surface area (Å²) in [7, 11) is 0. The first kappa shape index (κ1) is 12.4. The van der Waals surface area contributed by atoms with Crippen LogP contribution >= 0.6 is 0 Å². The molecule has 88 valence electrons. The van der Waals surface area contributed by atoms with Crippen LogP contribution in [-0.2, 0) is 4.79 Å². The number of rotatable bonds is 5. The summed E-state index contributed by atoms with van der Waals surface area (Å²) in [6.45, 7) is 4.64. The molecule has 0 saturated heterocycles. The van der Waals surface area contributed by atoms with E-state index >= 15 is 0 Å². The first-order chi connectivity index (χ1) is 7.50. The van der Waals surface area contributed by atoms with Crippen LogP contribution in [0.3, 0.4) is 0 Å². The molecule has 0 aliphatic carbocycles. The lowest BCUT2D eigenvalue weighted by molar-refractivity contribution is -0.137. The normalized spacial score (nSPS) is 10.1. The SMILES string of the molecule is Cc1cc(N)cc(C)c1NCCCC(=O)O. The third-order valence-electron chi connectivity index (χ3n) is 2.42. The zero-order valence-corrected chi connectivity index (χ0v) is 9.71. The molecule has 1 aromatic carbocycles. The maximum absolute atomic E-state index is 10.3. The number of nitrogens with one attached hydrogen (secondary N) is 1. The molecule has 4 nitrogen and oxygen atoms in total. The molecule has 4 N–H and O–H groups in total. The average Bonchev–Trinajstić information content (AvgIpc) is 2.14. The summed E-state index contributed by atoms with van der Waals surface area (Å²) in [4.78, 5) is 10.3. The zero-order chi connectivity index (χ0) is 12.1. The molecule has 16 heavy (non-hydrogen) atoms. The van der Waals surface area contributed by atoms with Gasteiger partial charge in [0.25, 0.3) is 0 Å². The van der Waals surface area contributed by atoms with Gasteiger partial charge in [0.15, 0.2) is 0 Å². The van der Waals surface area contributed by atoms with E-state index in [9.17, 15) is 4.79 Å². The monoisotopic (exact) mass is 222 g/mol. The molecule has 1 rings (SSSR count). The van der Waals surface area contributed by atoms with Gasteiger partial charge in [-0.05, 0) is 43.5 Å². The van der Waals surface area contributed by atoms with Crippen molar-refractivity contribution >= 4 is 17.3 Å². The van der Waals surface area contributed by atoms with Crippen molar-refractivity contribution in [3.05, 3.63) is 23.3 Å². The van der Waals surface area contributed by atoms with E-state index in [1.165, 1.54) is 0 Å². The molecule has 0 spiro atoms. The lowest BCUT2D eigenvalue weighted by Crippen LogP contribution is -2.07. The molecule has 0 saturated carbocycles. The van der Waals surface area contributed by atoms with Crippen LogP contribution in [0.25, 0.3) is 0 Å². The average molecular weight is 222 g/mol. The summed E-state index contributed by atoms with van der Waals surface area (Å²) >= 11 is 0. The maximum atomic E-state index is 10.3. The van der Waals surface area contributed by atoms with Gasteiger partial charge in [-0.2, -0.15) is 0 Å². The molecule has 0 aromatic heterocycles. The number of aliphatic carboxylic acids is 1. The van der Waals surface area contributed by atoms with Gasteiger partial charge in [-0.25, -0.2) is 0 Å². The van der Waals surface area contributed by atoms with Crippen LogP contribution in [0, 0.1) is 13.8 Å². The van der Waals surface area contributed by atoms with Crippen molar-refractivity contribution in [2.24, 2.45) is 0 Å². The fourth-order valence-electron chi connectivity index (χ4n) is 1.73. The number of carbonyl (C=O) groups is 1. The Morgan fingerprint density at radius 3 is 2.44 bits per heavy atom. The molecule has 0 heterocycles. The summed E-state index contributed by atoms with van der Waals surface area (Å²) in [5.74, 6) is -0.757. The standard InChI is InChI=1S/C12H18N2O2/c1-8-6-10(13)7-9(2)12(8)14-5-3-4-11(15)16/h6-7,14H,3-5,13H2,1-2H3,(H,15,16). The number of hydrogen-bond acceptors (Lipinski definition) is 3. The number of nitrogens with two attached hydrogens (primary N) is 1. The third kappa shape index (κ3) is 3.46. The van der Waals surface area contributed by atoms with E-state index in [-0.39, 0.29) is 6.42 Å². The van der Waals surface area contributed by atoms with Gasteiger partial charge in [0.05, 0.1) is 0 Å². The first-order valence-corrected chi connectivity index (χ1v) is 5.33. The highest BCUT2D eigenvalue weighted by molar-refractivity contribution is 5.67. The molecule has 0 fully saturated rings. The van der Waals surface area contributed by atoms with Crippen LogP contribution in [0.1, 0.15) is 24.0 Å². The second-order valence-corrected chi connectivity index (χ2v) is 3.95. The Morgan fingerprint density at radius 1 is 1.38 bits per heavy atom. The smallest absolute Gasteiger partial charge is 0.303 e. The molecule has 1 aromatic rings. The Balaban J connectivity index is 2.57. The number of anilines is 2. The van der Waals surface area contributed by atoms with Gasteiger partial charge >= 0.3 is 5.97 Å². The number of aryl methyl sites for hydroxylation is 2. The van der Waals surface area contributed by atoms with Gasteiger partial charge in [0, 0.05) is 24.3 Å². The van der Waals surface area contributed by atoms with E-state index in [0.717, 1.165) is 22.5 Å². The lowest BCUT2D eigenvalue weighted by atomic mass is 10.1. The molecular formula is C12H18N2O2. The fraction of sp³-hybridized carbons (Fsp3) is 0.417. The number of carboxylic acids is 1. The Labute approximate surface area is 95.5 Å². The quantitative estimate of drug-likeness (QED) is 0.527. The van der Waals surface area contributed by atoms with E-state index in [2.05, 4.69) is 5.32 Å². The number of benzene rings is 1. The van der Waals surface area contributed by atoms with Crippen LogP contribution < -0.4 is 11.1 Å². The summed E-state index contributed by atoms with van der Waals surface area (Å²) in [6, 6.07) is 3.82. The van der Waals surface area contributed by atoms with Gasteiger partial charge < -0.3 is 16.2 Å². The molecular weight excluding hydrogens is 204 g/mol. The molecule has 0 unspecified atom stereocenters. The topological polar surface area (TPSA) is 75.3 Å². The summed E-state index contributed by atoms with van der Waals surface area (Å²) in [5, 5.41) is 11.8. The van der Waals surface area contributed by atoms with E-state index in [4.69, 9.17) is 10.8 Å². The zero-order valence-electron chi connectivity index (χ0n) is 9.71. The minimum atomic E-state index is -0.757. The van der Waals surface area contributed by atoms with Gasteiger partial charge in [-0.1, -0.05) is 0 Å². The van der Waals surface area contributed by atoms with Gasteiger partial charge in [-0.15, -0.1) is 0 Å². The highest BCUT2D eigenvalue weighted by atomic mass is 16.4. The van der Waals surface area contributed by atoms with Gasteiger partial charge in [-0.3, -0.25) is 4.79 Å². The van der Waals surface area contributed by atoms with Gasteiger partial charge in [0.2, 0.25) is 0 Å². The minimum absolute atomic E-state index is 0.195. The Morgan fingerprint density at radius 2 is 1.94 bits per heavy atom. The van der Waals surface area contributed by atoms with E-state index < -0.39 is 5.97 Å². The molecule has 0 amide bonds. The molecule has 0 radical (unpaired) electrons. The largest absolute Gasteiger partial charge is 0.481 e. The van der Waals surface area contributed by atoms with Crippen molar-refractivity contribution < 1.29 is 9.90 Å². The van der Waals surface area contributed by atoms with Crippen LogP contribution in [0.15, 0.2) is 12.1 Å². The van der Waals surface area contributed by atoms with E-state index in [1.54, 1.807) is 0 Å². The molecule has 4 heteroatoms. The summed E-state index contributed by atoms with van der Waals surface area (Å²) < 4.78 is 0. The molecule has 0 aliphatic heterocycles. The number of carboxylic acid groups (broad SMARTS) is 1. The molecule has 0 aliphatic rings. The molecule has 0 atom stereocenters. The van der Waals surface area contributed by atoms with Crippen LogP contribution in [-0.4, -0.2) is 17.6 Å². The third-order valence-corrected chi connectivity index (χ3v) is 2.42. The van der Waals surface area contributed by atoms with Crippen molar-refractivity contribution in [3.8, 4) is 0 Å². The number of hydrogen-bond donors (Lipinski definition) is 3. The Bertz CT molecular complexity index is 366. The van der Waals surface area contributed by atoms with Crippen molar-refractivity contribution in [1.29, 1.82) is 0 Å². The highest BCUT2D eigenvalue weighted by Gasteiger charge is 2.03. The van der Waals surface area contributed by atoms with Crippen molar-refractivity contribution in [2.75, 3.05) is 17.6 Å². The predicted molar refractivity (Wildman–Crippen MR) is 65.7 cm³/mol. The highest BCUT2D eigenvalue weighted by Crippen LogP contribution is 2.23. The summed E-state index contributed by atoms with van der Waals surface area (Å²) in [5.41, 5.74) is 9.71. The first-order valence-electron chi connectivity index (χ1n) is 5.33. The maximum Gasteiger partial charge on any atom is 0.303 e. The van der Waals surface area contributed by atoms with Crippen LogP contribution in [0.2, 0.25) is 0 Å². The fourth-order valence-corrected chi connectivity index (χ4v) is 1.73. The van der Waals surface area contributed by atoms with Crippen molar-refractivity contribution in [2.45, 2.75) is 26.7 Å². The summed E-state index contributed by atoms with van der Waals surface area (Å²) in [6.07, 6.45) is 0.818. The Hall–Kier alpha value is -1.71. The lowest BCUT2D eigenvalue weighted by Gasteiger charge is -2.13. The van der Waals surface area contributed by atoms with Gasteiger partial charge in [0.1, 0.15) is 0 Å². The molecule has 0 bridgehead atoms. The van der Waals surface area contributed by atoms with Crippen molar-refractivity contribution in [1.82, 2.24) is 0 Å². The predicted octanol–water partition coefficient (Wildman–Crippen LogP) is 2.16. The second-order valence-electron chi connectivity index (χ2n) is 3.95.